The van der Waals surface area contributed by atoms with Crippen LogP contribution in [0.5, 0.6) is 0 Å². The van der Waals surface area contributed by atoms with Crippen molar-refractivity contribution in [3.05, 3.63) is 53.9 Å². The van der Waals surface area contributed by atoms with Gasteiger partial charge in [0.15, 0.2) is 0 Å². The molecule has 1 aromatic heterocycles. The van der Waals surface area contributed by atoms with E-state index in [4.69, 9.17) is 0 Å². The summed E-state index contributed by atoms with van der Waals surface area (Å²) in [5.74, 6) is -0.128. The van der Waals surface area contributed by atoms with Crippen LogP contribution in [0.1, 0.15) is 36.2 Å². The molecule has 0 unspecified atom stereocenters. The molecule has 0 saturated carbocycles. The van der Waals surface area contributed by atoms with E-state index in [2.05, 4.69) is 34.7 Å². The molecule has 0 radical (unpaired) electrons. The lowest BCUT2D eigenvalue weighted by Gasteiger charge is -2.10. The normalized spacial score (nSPS) is 10.2. The predicted molar refractivity (Wildman–Crippen MR) is 86.8 cm³/mol. The molecule has 0 atom stereocenters. The van der Waals surface area contributed by atoms with Crippen LogP contribution in [0.3, 0.4) is 0 Å². The van der Waals surface area contributed by atoms with E-state index in [-0.39, 0.29) is 5.91 Å². The third-order valence-corrected chi connectivity index (χ3v) is 3.18. The highest BCUT2D eigenvalue weighted by atomic mass is 16.1. The molecular weight excluding hydrogens is 262 g/mol. The number of benzene rings is 1. The summed E-state index contributed by atoms with van der Waals surface area (Å²) in [5.41, 5.74) is 3.44. The number of hydrogen-bond donors (Lipinski definition) is 2. The Bertz CT molecular complexity index is 593. The van der Waals surface area contributed by atoms with Gasteiger partial charge in [-0.3, -0.25) is 9.78 Å². The molecule has 2 rings (SSSR count). The van der Waals surface area contributed by atoms with Crippen LogP contribution < -0.4 is 10.6 Å². The summed E-state index contributed by atoms with van der Waals surface area (Å²) < 4.78 is 0. The number of aromatic nitrogens is 1. The average Bonchev–Trinajstić information content (AvgIpc) is 2.50. The standard InChI is InChI=1S/C17H21N3O/c1-3-5-13-6-8-14(9-7-13)20-17(21)15-10-11-18-12-16(15)19-4-2/h6-12,19H,3-5H2,1-2H3,(H,20,21). The van der Waals surface area contributed by atoms with Crippen molar-refractivity contribution in [2.45, 2.75) is 26.7 Å². The Labute approximate surface area is 125 Å². The van der Waals surface area contributed by atoms with Crippen LogP contribution >= 0.6 is 0 Å². The first-order valence-corrected chi connectivity index (χ1v) is 7.32. The second kappa shape index (κ2) is 7.43. The van der Waals surface area contributed by atoms with Gasteiger partial charge in [0.1, 0.15) is 0 Å². The topological polar surface area (TPSA) is 54.0 Å². The minimum absolute atomic E-state index is 0.128. The zero-order valence-electron chi connectivity index (χ0n) is 12.5. The second-order valence-corrected chi connectivity index (χ2v) is 4.85. The number of pyridine rings is 1. The molecule has 0 aliphatic carbocycles. The van der Waals surface area contributed by atoms with Crippen molar-refractivity contribution in [3.8, 4) is 0 Å². The van der Waals surface area contributed by atoms with E-state index in [0.29, 0.717) is 5.56 Å². The Kier molecular flexibility index (Phi) is 5.32. The van der Waals surface area contributed by atoms with E-state index < -0.39 is 0 Å². The first kappa shape index (κ1) is 15.0. The number of anilines is 2. The van der Waals surface area contributed by atoms with Crippen LogP contribution in [-0.2, 0) is 6.42 Å². The van der Waals surface area contributed by atoms with Gasteiger partial charge < -0.3 is 10.6 Å². The number of nitrogens with zero attached hydrogens (tertiary/aromatic N) is 1. The maximum Gasteiger partial charge on any atom is 0.257 e. The Morgan fingerprint density at radius 3 is 2.57 bits per heavy atom. The van der Waals surface area contributed by atoms with Crippen molar-refractivity contribution in [2.75, 3.05) is 17.2 Å². The molecule has 4 heteroatoms. The predicted octanol–water partition coefficient (Wildman–Crippen LogP) is 3.72. The summed E-state index contributed by atoms with van der Waals surface area (Å²) in [7, 11) is 0. The first-order valence-electron chi connectivity index (χ1n) is 7.32. The number of hydrogen-bond acceptors (Lipinski definition) is 3. The van der Waals surface area contributed by atoms with Crippen LogP contribution in [0.25, 0.3) is 0 Å². The van der Waals surface area contributed by atoms with Gasteiger partial charge in [-0.1, -0.05) is 25.5 Å². The number of nitrogens with one attached hydrogen (secondary N) is 2. The largest absolute Gasteiger partial charge is 0.383 e. The Morgan fingerprint density at radius 2 is 1.90 bits per heavy atom. The fraction of sp³-hybridized carbons (Fsp3) is 0.294. The summed E-state index contributed by atoms with van der Waals surface area (Å²) in [6, 6.07) is 9.71. The number of amides is 1. The van der Waals surface area contributed by atoms with Gasteiger partial charge in [0.05, 0.1) is 17.4 Å². The van der Waals surface area contributed by atoms with E-state index in [1.54, 1.807) is 18.5 Å². The quantitative estimate of drug-likeness (QED) is 0.849. The molecule has 2 aromatic rings. The number of carbonyl (C=O) groups excluding carboxylic acids is 1. The van der Waals surface area contributed by atoms with Gasteiger partial charge in [0, 0.05) is 18.4 Å². The van der Waals surface area contributed by atoms with E-state index in [0.717, 1.165) is 30.8 Å². The molecule has 0 aliphatic rings. The molecule has 0 saturated heterocycles. The lowest BCUT2D eigenvalue weighted by molar-refractivity contribution is 0.102. The van der Waals surface area contributed by atoms with E-state index in [1.807, 2.05) is 19.1 Å². The fourth-order valence-electron chi connectivity index (χ4n) is 2.17. The highest BCUT2D eigenvalue weighted by Gasteiger charge is 2.11. The van der Waals surface area contributed by atoms with Gasteiger partial charge in [-0.25, -0.2) is 0 Å². The molecule has 0 spiro atoms. The summed E-state index contributed by atoms with van der Waals surface area (Å²) in [5, 5.41) is 6.06. The molecule has 2 N–H and O–H groups in total. The SMILES string of the molecule is CCCc1ccc(NC(=O)c2ccncc2NCC)cc1. The molecule has 21 heavy (non-hydrogen) atoms. The summed E-state index contributed by atoms with van der Waals surface area (Å²) in [4.78, 5) is 16.4. The van der Waals surface area contributed by atoms with Gasteiger partial charge in [-0.05, 0) is 37.1 Å². The molecule has 0 fully saturated rings. The van der Waals surface area contributed by atoms with Crippen LogP contribution in [0.15, 0.2) is 42.7 Å². The van der Waals surface area contributed by atoms with E-state index in [9.17, 15) is 4.79 Å². The summed E-state index contributed by atoms with van der Waals surface area (Å²) in [6.45, 7) is 4.89. The maximum absolute atomic E-state index is 12.3. The molecule has 0 bridgehead atoms. The highest BCUT2D eigenvalue weighted by molar-refractivity contribution is 6.07. The van der Waals surface area contributed by atoms with Crippen molar-refractivity contribution in [1.29, 1.82) is 0 Å². The van der Waals surface area contributed by atoms with Crippen molar-refractivity contribution in [3.63, 3.8) is 0 Å². The molecule has 110 valence electrons. The van der Waals surface area contributed by atoms with Crippen molar-refractivity contribution >= 4 is 17.3 Å². The van der Waals surface area contributed by atoms with Gasteiger partial charge in [0.2, 0.25) is 0 Å². The lowest BCUT2D eigenvalue weighted by atomic mass is 10.1. The van der Waals surface area contributed by atoms with Crippen molar-refractivity contribution in [2.24, 2.45) is 0 Å². The number of carbonyl (C=O) groups is 1. The average molecular weight is 283 g/mol. The highest BCUT2D eigenvalue weighted by Crippen LogP contribution is 2.17. The number of rotatable bonds is 6. The third kappa shape index (κ3) is 4.05. The minimum Gasteiger partial charge on any atom is -0.383 e. The molecule has 1 aromatic carbocycles. The zero-order chi connectivity index (χ0) is 15.1. The summed E-state index contributed by atoms with van der Waals surface area (Å²) in [6.07, 6.45) is 5.47. The smallest absolute Gasteiger partial charge is 0.257 e. The van der Waals surface area contributed by atoms with Crippen molar-refractivity contribution in [1.82, 2.24) is 4.98 Å². The minimum atomic E-state index is -0.128. The lowest BCUT2D eigenvalue weighted by Crippen LogP contribution is -2.15. The molecule has 1 heterocycles. The molecule has 1 amide bonds. The van der Waals surface area contributed by atoms with Gasteiger partial charge in [-0.2, -0.15) is 0 Å². The maximum atomic E-state index is 12.3. The second-order valence-electron chi connectivity index (χ2n) is 4.85. The third-order valence-electron chi connectivity index (χ3n) is 3.18. The van der Waals surface area contributed by atoms with Crippen LogP contribution in [0.2, 0.25) is 0 Å². The molecule has 0 aliphatic heterocycles. The summed E-state index contributed by atoms with van der Waals surface area (Å²) >= 11 is 0. The van der Waals surface area contributed by atoms with Crippen molar-refractivity contribution < 1.29 is 4.79 Å². The van der Waals surface area contributed by atoms with Gasteiger partial charge >= 0.3 is 0 Å². The molecule has 4 nitrogen and oxygen atoms in total. The van der Waals surface area contributed by atoms with E-state index in [1.165, 1.54) is 5.56 Å². The Morgan fingerprint density at radius 1 is 1.14 bits per heavy atom. The Hall–Kier alpha value is -2.36. The monoisotopic (exact) mass is 283 g/mol. The Balaban J connectivity index is 2.10. The molecular formula is C17H21N3O. The zero-order valence-corrected chi connectivity index (χ0v) is 12.5. The van der Waals surface area contributed by atoms with Crippen LogP contribution in [0.4, 0.5) is 11.4 Å². The fourth-order valence-corrected chi connectivity index (χ4v) is 2.17. The van der Waals surface area contributed by atoms with Crippen LogP contribution in [0, 0.1) is 0 Å². The first-order chi connectivity index (χ1) is 10.2. The van der Waals surface area contributed by atoms with Gasteiger partial charge in [-0.15, -0.1) is 0 Å². The van der Waals surface area contributed by atoms with E-state index >= 15 is 0 Å². The van der Waals surface area contributed by atoms with Crippen LogP contribution in [-0.4, -0.2) is 17.4 Å². The number of aryl methyl sites for hydroxylation is 1. The van der Waals surface area contributed by atoms with Gasteiger partial charge in [0.25, 0.3) is 5.91 Å².